The van der Waals surface area contributed by atoms with Crippen molar-refractivity contribution in [3.8, 4) is 0 Å². The lowest BCUT2D eigenvalue weighted by Gasteiger charge is -2.07. The Bertz CT molecular complexity index is 825. The van der Waals surface area contributed by atoms with Crippen molar-refractivity contribution < 1.29 is 0 Å². The number of halogens is 1. The van der Waals surface area contributed by atoms with Gasteiger partial charge < -0.3 is 10.3 Å². The van der Waals surface area contributed by atoms with Crippen LogP contribution in [-0.2, 0) is 6.54 Å². The summed E-state index contributed by atoms with van der Waals surface area (Å²) in [7, 11) is 0. The van der Waals surface area contributed by atoms with Gasteiger partial charge in [-0.2, -0.15) is 0 Å². The number of H-pyrrole nitrogens is 1. The number of aromatic nitrogens is 2. The molecule has 2 aromatic heterocycles. The molecule has 1 aromatic carbocycles. The molecule has 0 saturated carbocycles. The number of aromatic amines is 1. The molecular formula is C14H12ClN3OS. The lowest BCUT2D eigenvalue weighted by atomic mass is 10.2. The van der Waals surface area contributed by atoms with Gasteiger partial charge in [0, 0.05) is 10.7 Å². The summed E-state index contributed by atoms with van der Waals surface area (Å²) in [6.07, 6.45) is 0. The number of nitrogens with one attached hydrogen (secondary N) is 2. The molecule has 0 atom stereocenters. The third-order valence-corrected chi connectivity index (χ3v) is 4.31. The topological polar surface area (TPSA) is 57.8 Å². The van der Waals surface area contributed by atoms with E-state index in [4.69, 9.17) is 11.6 Å². The Balaban J connectivity index is 1.82. The summed E-state index contributed by atoms with van der Waals surface area (Å²) in [5, 5.41) is 5.78. The van der Waals surface area contributed by atoms with Crippen LogP contribution in [0.2, 0.25) is 5.02 Å². The van der Waals surface area contributed by atoms with Crippen molar-refractivity contribution in [2.75, 3.05) is 5.32 Å². The highest BCUT2D eigenvalue weighted by Gasteiger charge is 2.05. The standard InChI is InChI=1S/C14H12ClN3OS/c1-8-2-3-9(6-10(8)15)16-7-12-17-11-4-5-20-13(11)14(19)18-12/h2-6,16H,7H2,1H3,(H,17,18,19). The molecule has 0 fully saturated rings. The van der Waals surface area contributed by atoms with Crippen molar-refractivity contribution in [3.63, 3.8) is 0 Å². The number of hydrogen-bond donors (Lipinski definition) is 2. The molecule has 0 spiro atoms. The fourth-order valence-corrected chi connectivity index (χ4v) is 2.80. The summed E-state index contributed by atoms with van der Waals surface area (Å²) in [4.78, 5) is 19.0. The minimum Gasteiger partial charge on any atom is -0.378 e. The summed E-state index contributed by atoms with van der Waals surface area (Å²) < 4.78 is 0.659. The van der Waals surface area contributed by atoms with Crippen molar-refractivity contribution in [2.45, 2.75) is 13.5 Å². The predicted octanol–water partition coefficient (Wildman–Crippen LogP) is 3.56. The van der Waals surface area contributed by atoms with E-state index < -0.39 is 0 Å². The second-order valence-electron chi connectivity index (χ2n) is 4.47. The van der Waals surface area contributed by atoms with Crippen LogP contribution in [0.3, 0.4) is 0 Å². The van der Waals surface area contributed by atoms with E-state index in [0.29, 0.717) is 22.1 Å². The van der Waals surface area contributed by atoms with Gasteiger partial charge >= 0.3 is 0 Å². The van der Waals surface area contributed by atoms with Gasteiger partial charge in [0.1, 0.15) is 10.5 Å². The first-order valence-corrected chi connectivity index (χ1v) is 7.35. The summed E-state index contributed by atoms with van der Waals surface area (Å²) in [5.41, 5.74) is 2.57. The molecule has 4 nitrogen and oxygen atoms in total. The maximum absolute atomic E-state index is 11.8. The zero-order valence-corrected chi connectivity index (χ0v) is 12.3. The van der Waals surface area contributed by atoms with E-state index in [1.54, 1.807) is 0 Å². The van der Waals surface area contributed by atoms with Crippen molar-refractivity contribution in [3.05, 3.63) is 56.4 Å². The number of rotatable bonds is 3. The fraction of sp³-hybridized carbons (Fsp3) is 0.143. The Hall–Kier alpha value is -1.85. The van der Waals surface area contributed by atoms with Crippen LogP contribution in [0.1, 0.15) is 11.4 Å². The molecule has 0 bridgehead atoms. The second kappa shape index (κ2) is 5.26. The van der Waals surface area contributed by atoms with Crippen LogP contribution in [0.4, 0.5) is 5.69 Å². The molecule has 3 rings (SSSR count). The highest BCUT2D eigenvalue weighted by atomic mass is 35.5. The molecule has 0 radical (unpaired) electrons. The Morgan fingerprint density at radius 2 is 2.25 bits per heavy atom. The highest BCUT2D eigenvalue weighted by Crippen LogP contribution is 2.20. The minimum atomic E-state index is -0.0938. The van der Waals surface area contributed by atoms with E-state index in [1.165, 1.54) is 11.3 Å². The molecule has 3 aromatic rings. The molecule has 0 aliphatic heterocycles. The minimum absolute atomic E-state index is 0.0938. The second-order valence-corrected chi connectivity index (χ2v) is 5.79. The zero-order valence-electron chi connectivity index (χ0n) is 10.7. The monoisotopic (exact) mass is 305 g/mol. The van der Waals surface area contributed by atoms with E-state index in [-0.39, 0.29) is 5.56 Å². The van der Waals surface area contributed by atoms with Gasteiger partial charge in [0.05, 0.1) is 12.1 Å². The van der Waals surface area contributed by atoms with Crippen LogP contribution in [0.25, 0.3) is 10.2 Å². The average molecular weight is 306 g/mol. The van der Waals surface area contributed by atoms with Gasteiger partial charge in [-0.25, -0.2) is 4.98 Å². The van der Waals surface area contributed by atoms with E-state index in [1.807, 2.05) is 36.6 Å². The number of thiophene rings is 1. The number of anilines is 1. The summed E-state index contributed by atoms with van der Waals surface area (Å²) in [6, 6.07) is 7.60. The van der Waals surface area contributed by atoms with E-state index >= 15 is 0 Å². The van der Waals surface area contributed by atoms with Gasteiger partial charge in [-0.15, -0.1) is 11.3 Å². The van der Waals surface area contributed by atoms with Gasteiger partial charge in [0.2, 0.25) is 0 Å². The molecule has 6 heteroatoms. The molecular weight excluding hydrogens is 294 g/mol. The summed E-state index contributed by atoms with van der Waals surface area (Å²) in [6.45, 7) is 2.40. The quantitative estimate of drug-likeness (QED) is 0.778. The number of aryl methyl sites for hydroxylation is 1. The molecule has 0 amide bonds. The Labute approximate surface area is 124 Å². The van der Waals surface area contributed by atoms with Crippen molar-refractivity contribution in [1.29, 1.82) is 0 Å². The van der Waals surface area contributed by atoms with Crippen molar-refractivity contribution in [2.24, 2.45) is 0 Å². The van der Waals surface area contributed by atoms with Gasteiger partial charge in [0.25, 0.3) is 5.56 Å². The maximum atomic E-state index is 11.8. The van der Waals surface area contributed by atoms with Crippen LogP contribution in [0.15, 0.2) is 34.4 Å². The number of fused-ring (bicyclic) bond motifs is 1. The predicted molar refractivity (Wildman–Crippen MR) is 83.8 cm³/mol. The summed E-state index contributed by atoms with van der Waals surface area (Å²) >= 11 is 7.47. The first kappa shape index (κ1) is 13.1. The first-order valence-electron chi connectivity index (χ1n) is 6.10. The molecule has 102 valence electrons. The van der Waals surface area contributed by atoms with Gasteiger partial charge in [-0.1, -0.05) is 17.7 Å². The lowest BCUT2D eigenvalue weighted by Crippen LogP contribution is -2.13. The Kier molecular flexibility index (Phi) is 3.46. The number of hydrogen-bond acceptors (Lipinski definition) is 4. The van der Waals surface area contributed by atoms with Gasteiger partial charge in [0.15, 0.2) is 0 Å². The number of benzene rings is 1. The molecule has 20 heavy (non-hydrogen) atoms. The molecule has 0 saturated heterocycles. The van der Waals surface area contributed by atoms with Gasteiger partial charge in [-0.3, -0.25) is 4.79 Å². The third kappa shape index (κ3) is 2.55. The molecule has 0 unspecified atom stereocenters. The SMILES string of the molecule is Cc1ccc(NCc2nc3ccsc3c(=O)[nH]2)cc1Cl. The van der Waals surface area contributed by atoms with Crippen molar-refractivity contribution >= 4 is 38.8 Å². The lowest BCUT2D eigenvalue weighted by molar-refractivity contribution is 0.955. The highest BCUT2D eigenvalue weighted by molar-refractivity contribution is 7.17. The molecule has 2 heterocycles. The normalized spacial score (nSPS) is 10.9. The third-order valence-electron chi connectivity index (χ3n) is 3.00. The molecule has 2 N–H and O–H groups in total. The van der Waals surface area contributed by atoms with Crippen LogP contribution < -0.4 is 10.9 Å². The molecule has 0 aliphatic carbocycles. The van der Waals surface area contributed by atoms with Crippen LogP contribution >= 0.6 is 22.9 Å². The van der Waals surface area contributed by atoms with E-state index in [0.717, 1.165) is 16.8 Å². The van der Waals surface area contributed by atoms with Gasteiger partial charge in [-0.05, 0) is 36.1 Å². The van der Waals surface area contributed by atoms with Crippen molar-refractivity contribution in [1.82, 2.24) is 9.97 Å². The maximum Gasteiger partial charge on any atom is 0.268 e. The fourth-order valence-electron chi connectivity index (χ4n) is 1.89. The largest absolute Gasteiger partial charge is 0.378 e. The summed E-state index contributed by atoms with van der Waals surface area (Å²) in [5.74, 6) is 0.609. The Morgan fingerprint density at radius 3 is 3.05 bits per heavy atom. The first-order chi connectivity index (χ1) is 9.63. The molecule has 0 aliphatic rings. The van der Waals surface area contributed by atoms with Crippen LogP contribution in [0, 0.1) is 6.92 Å². The van der Waals surface area contributed by atoms with Crippen LogP contribution in [0.5, 0.6) is 0 Å². The van der Waals surface area contributed by atoms with E-state index in [2.05, 4.69) is 15.3 Å². The van der Waals surface area contributed by atoms with E-state index in [9.17, 15) is 4.79 Å². The zero-order chi connectivity index (χ0) is 14.1. The average Bonchev–Trinajstić information content (AvgIpc) is 2.89. The Morgan fingerprint density at radius 1 is 1.40 bits per heavy atom. The smallest absolute Gasteiger partial charge is 0.268 e. The van der Waals surface area contributed by atoms with Crippen LogP contribution in [-0.4, -0.2) is 9.97 Å². The number of nitrogens with zero attached hydrogens (tertiary/aromatic N) is 1.